The molecule has 0 amide bonds. The molecule has 79 valence electrons. The first-order valence-electron chi connectivity index (χ1n) is 4.72. The molecule has 16 heavy (non-hydrogen) atoms. The second-order valence-corrected chi connectivity index (χ2v) is 3.29. The predicted octanol–water partition coefficient (Wildman–Crippen LogP) is 2.56. The zero-order chi connectivity index (χ0) is 11.5. The largest absolute Gasteiger partial charge is 0.507 e. The maximum atomic E-state index is 11.0. The van der Waals surface area contributed by atoms with Crippen molar-refractivity contribution in [2.45, 2.75) is 0 Å². The highest BCUT2D eigenvalue weighted by Gasteiger charge is 2.12. The topological polar surface area (TPSA) is 57.5 Å². The lowest BCUT2D eigenvalue weighted by Gasteiger charge is -2.07. The first-order chi connectivity index (χ1) is 7.70. The Kier molecular flexibility index (Phi) is 2.60. The number of hydrogen-bond acceptors (Lipinski definition) is 2. The van der Waals surface area contributed by atoms with E-state index in [1.165, 1.54) is 12.1 Å². The Labute approximate surface area is 92.6 Å². The van der Waals surface area contributed by atoms with Crippen molar-refractivity contribution in [2.24, 2.45) is 0 Å². The van der Waals surface area contributed by atoms with Gasteiger partial charge in [-0.25, -0.2) is 4.79 Å². The van der Waals surface area contributed by atoms with E-state index in [0.29, 0.717) is 11.1 Å². The molecule has 0 heterocycles. The summed E-state index contributed by atoms with van der Waals surface area (Å²) in [6.45, 7) is 0. The van der Waals surface area contributed by atoms with Gasteiger partial charge in [0.25, 0.3) is 0 Å². The van der Waals surface area contributed by atoms with Crippen LogP contribution in [0.25, 0.3) is 11.1 Å². The summed E-state index contributed by atoms with van der Waals surface area (Å²) in [6, 6.07) is 14.0. The minimum atomic E-state index is -1.01. The summed E-state index contributed by atoms with van der Waals surface area (Å²) in [5.74, 6) is -0.987. The van der Waals surface area contributed by atoms with E-state index in [1.807, 2.05) is 0 Å². The van der Waals surface area contributed by atoms with Crippen molar-refractivity contribution in [1.29, 1.82) is 0 Å². The van der Waals surface area contributed by atoms with Crippen molar-refractivity contribution >= 4 is 5.97 Å². The smallest absolute Gasteiger partial charge is 0.336 e. The van der Waals surface area contributed by atoms with Gasteiger partial charge in [0.1, 0.15) is 5.75 Å². The van der Waals surface area contributed by atoms with Crippen molar-refractivity contribution in [3.05, 3.63) is 54.1 Å². The Morgan fingerprint density at radius 2 is 1.88 bits per heavy atom. The standard InChI is InChI=1S/C13H9O3/c14-12-8-4-3-6-10(12)9-5-1-2-7-11(9)13(15)16/h1-3,5-8,14H,(H,15,16). The normalized spacial score (nSPS) is 10.0. The number of benzene rings is 2. The fourth-order valence-corrected chi connectivity index (χ4v) is 1.55. The van der Waals surface area contributed by atoms with E-state index in [9.17, 15) is 9.90 Å². The summed E-state index contributed by atoms with van der Waals surface area (Å²) in [4.78, 5) is 11.0. The minimum Gasteiger partial charge on any atom is -0.507 e. The second-order valence-electron chi connectivity index (χ2n) is 3.29. The third-order valence-corrected chi connectivity index (χ3v) is 2.29. The number of aromatic carboxylic acids is 1. The van der Waals surface area contributed by atoms with Crippen LogP contribution in [0.3, 0.4) is 0 Å². The molecule has 0 bridgehead atoms. The summed E-state index contributed by atoms with van der Waals surface area (Å²) in [5.41, 5.74) is 1.17. The van der Waals surface area contributed by atoms with Crippen molar-refractivity contribution in [3.8, 4) is 16.9 Å². The highest BCUT2D eigenvalue weighted by molar-refractivity contribution is 5.96. The van der Waals surface area contributed by atoms with E-state index < -0.39 is 5.97 Å². The van der Waals surface area contributed by atoms with Gasteiger partial charge in [0.05, 0.1) is 5.56 Å². The number of aromatic hydroxyl groups is 1. The van der Waals surface area contributed by atoms with Crippen molar-refractivity contribution in [3.63, 3.8) is 0 Å². The quantitative estimate of drug-likeness (QED) is 0.806. The Hall–Kier alpha value is -2.29. The monoisotopic (exact) mass is 213 g/mol. The van der Waals surface area contributed by atoms with Gasteiger partial charge in [-0.2, -0.15) is 0 Å². The predicted molar refractivity (Wildman–Crippen MR) is 59.3 cm³/mol. The highest BCUT2D eigenvalue weighted by Crippen LogP contribution is 2.30. The van der Waals surface area contributed by atoms with E-state index in [2.05, 4.69) is 6.07 Å². The molecule has 0 aliphatic carbocycles. The third kappa shape index (κ3) is 1.75. The molecule has 0 unspecified atom stereocenters. The summed E-state index contributed by atoms with van der Waals surface area (Å²) in [6.07, 6.45) is 0. The summed E-state index contributed by atoms with van der Waals surface area (Å²) in [7, 11) is 0. The molecule has 0 aromatic heterocycles. The molecular formula is C13H9O3. The molecule has 0 aliphatic rings. The van der Waals surface area contributed by atoms with Gasteiger partial charge in [-0.1, -0.05) is 30.3 Å². The van der Waals surface area contributed by atoms with Gasteiger partial charge in [-0.3, -0.25) is 0 Å². The molecule has 0 saturated heterocycles. The van der Waals surface area contributed by atoms with Crippen LogP contribution in [0.15, 0.2) is 42.5 Å². The Morgan fingerprint density at radius 3 is 2.56 bits per heavy atom. The van der Waals surface area contributed by atoms with Crippen LogP contribution in [-0.4, -0.2) is 16.2 Å². The van der Waals surface area contributed by atoms with Crippen LogP contribution >= 0.6 is 0 Å². The zero-order valence-electron chi connectivity index (χ0n) is 8.34. The number of phenolic OH excluding ortho intramolecular Hbond substituents is 1. The van der Waals surface area contributed by atoms with Crippen molar-refractivity contribution in [1.82, 2.24) is 0 Å². The summed E-state index contributed by atoms with van der Waals surface area (Å²) >= 11 is 0. The molecule has 2 N–H and O–H groups in total. The third-order valence-electron chi connectivity index (χ3n) is 2.29. The second kappa shape index (κ2) is 4.06. The molecule has 3 heteroatoms. The minimum absolute atomic E-state index is 0.0243. The highest BCUT2D eigenvalue weighted by atomic mass is 16.4. The van der Waals surface area contributed by atoms with E-state index in [4.69, 9.17) is 5.11 Å². The number of carbonyl (C=O) groups is 1. The Balaban J connectivity index is 2.65. The molecule has 0 spiro atoms. The number of phenols is 1. The van der Waals surface area contributed by atoms with Crippen molar-refractivity contribution < 1.29 is 15.0 Å². The zero-order valence-corrected chi connectivity index (χ0v) is 8.34. The van der Waals surface area contributed by atoms with Gasteiger partial charge < -0.3 is 10.2 Å². The fraction of sp³-hybridized carbons (Fsp3) is 0. The van der Waals surface area contributed by atoms with Crippen LogP contribution in [0.4, 0.5) is 0 Å². The SMILES string of the molecule is O=C(O)c1ccccc1-c1cc[c]cc1O. The van der Waals surface area contributed by atoms with E-state index in [1.54, 1.807) is 30.3 Å². The summed E-state index contributed by atoms with van der Waals surface area (Å²) < 4.78 is 0. The first-order valence-corrected chi connectivity index (χ1v) is 4.72. The van der Waals surface area contributed by atoms with Crippen LogP contribution in [0, 0.1) is 6.07 Å². The van der Waals surface area contributed by atoms with Gasteiger partial charge in [0.15, 0.2) is 0 Å². The Morgan fingerprint density at radius 1 is 1.12 bits per heavy atom. The molecular weight excluding hydrogens is 204 g/mol. The molecule has 0 saturated carbocycles. The number of carboxylic acid groups (broad SMARTS) is 1. The van der Waals surface area contributed by atoms with E-state index in [0.717, 1.165) is 0 Å². The fourth-order valence-electron chi connectivity index (χ4n) is 1.55. The van der Waals surface area contributed by atoms with Crippen LogP contribution in [-0.2, 0) is 0 Å². The lowest BCUT2D eigenvalue weighted by Crippen LogP contribution is -1.98. The maximum Gasteiger partial charge on any atom is 0.336 e. The molecule has 2 aromatic rings. The summed E-state index contributed by atoms with van der Waals surface area (Å²) in [5, 5.41) is 18.7. The molecule has 1 radical (unpaired) electrons. The van der Waals surface area contributed by atoms with Crippen LogP contribution < -0.4 is 0 Å². The molecule has 0 atom stereocenters. The van der Waals surface area contributed by atoms with Gasteiger partial charge in [0, 0.05) is 5.56 Å². The molecule has 2 aromatic carbocycles. The lowest BCUT2D eigenvalue weighted by atomic mass is 9.99. The van der Waals surface area contributed by atoms with Gasteiger partial charge >= 0.3 is 5.97 Å². The van der Waals surface area contributed by atoms with Crippen LogP contribution in [0.2, 0.25) is 0 Å². The molecule has 0 fully saturated rings. The van der Waals surface area contributed by atoms with Gasteiger partial charge in [0.2, 0.25) is 0 Å². The van der Waals surface area contributed by atoms with E-state index >= 15 is 0 Å². The molecule has 2 rings (SSSR count). The first kappa shape index (κ1) is 10.2. The number of rotatable bonds is 2. The van der Waals surface area contributed by atoms with Crippen molar-refractivity contribution in [2.75, 3.05) is 0 Å². The molecule has 0 aliphatic heterocycles. The molecule has 3 nitrogen and oxygen atoms in total. The average Bonchev–Trinajstić information content (AvgIpc) is 2.29. The van der Waals surface area contributed by atoms with Gasteiger partial charge in [-0.05, 0) is 23.8 Å². The van der Waals surface area contributed by atoms with E-state index in [-0.39, 0.29) is 11.3 Å². The Bertz CT molecular complexity index is 532. The van der Waals surface area contributed by atoms with Crippen LogP contribution in [0.5, 0.6) is 5.75 Å². The number of carboxylic acids is 1. The van der Waals surface area contributed by atoms with Crippen LogP contribution in [0.1, 0.15) is 10.4 Å². The van der Waals surface area contributed by atoms with Gasteiger partial charge in [-0.15, -0.1) is 0 Å². The maximum absolute atomic E-state index is 11.0. The lowest BCUT2D eigenvalue weighted by molar-refractivity contribution is 0.0698. The average molecular weight is 213 g/mol. The number of hydrogen-bond donors (Lipinski definition) is 2.